The third-order valence-electron chi connectivity index (χ3n) is 2.72. The Morgan fingerprint density at radius 2 is 2.00 bits per heavy atom. The molecule has 17 heavy (non-hydrogen) atoms. The van der Waals surface area contributed by atoms with Crippen molar-refractivity contribution in [3.8, 4) is 5.75 Å². The molecule has 1 aromatic carbocycles. The molecule has 0 heterocycles. The Morgan fingerprint density at radius 1 is 1.29 bits per heavy atom. The van der Waals surface area contributed by atoms with Crippen molar-refractivity contribution in [2.45, 2.75) is 45.4 Å². The molecular formula is C14H23NO2. The first-order chi connectivity index (χ1) is 8.08. The van der Waals surface area contributed by atoms with Crippen LogP contribution in [0.5, 0.6) is 5.75 Å². The molecule has 96 valence electrons. The van der Waals surface area contributed by atoms with Crippen LogP contribution >= 0.6 is 0 Å². The predicted octanol–water partition coefficient (Wildman–Crippen LogP) is 2.90. The monoisotopic (exact) mass is 237 g/mol. The van der Waals surface area contributed by atoms with E-state index in [0.717, 1.165) is 17.7 Å². The number of rotatable bonds is 6. The molecule has 2 unspecified atom stereocenters. The summed E-state index contributed by atoms with van der Waals surface area (Å²) in [5, 5.41) is 0. The van der Waals surface area contributed by atoms with E-state index >= 15 is 0 Å². The van der Waals surface area contributed by atoms with Gasteiger partial charge >= 0.3 is 0 Å². The Labute approximate surface area is 104 Å². The van der Waals surface area contributed by atoms with Gasteiger partial charge in [-0.1, -0.05) is 19.1 Å². The molecule has 0 saturated carbocycles. The van der Waals surface area contributed by atoms with E-state index in [0.29, 0.717) is 0 Å². The minimum atomic E-state index is -0.110. The average molecular weight is 237 g/mol. The second-order valence-corrected chi connectivity index (χ2v) is 4.45. The molecule has 0 aromatic heterocycles. The van der Waals surface area contributed by atoms with Crippen LogP contribution in [0.25, 0.3) is 0 Å². The normalized spacial score (nSPS) is 14.7. The van der Waals surface area contributed by atoms with Crippen LogP contribution in [0.3, 0.4) is 0 Å². The van der Waals surface area contributed by atoms with Gasteiger partial charge in [-0.3, -0.25) is 0 Å². The smallest absolute Gasteiger partial charge is 0.120 e. The van der Waals surface area contributed by atoms with Crippen LogP contribution in [0.2, 0.25) is 0 Å². The number of nitrogens with two attached hydrogens (primary N) is 1. The van der Waals surface area contributed by atoms with Crippen molar-refractivity contribution < 1.29 is 9.47 Å². The molecule has 0 aliphatic rings. The van der Waals surface area contributed by atoms with Crippen molar-refractivity contribution in [2.75, 3.05) is 7.11 Å². The lowest BCUT2D eigenvalue weighted by atomic mass is 10.0. The summed E-state index contributed by atoms with van der Waals surface area (Å²) in [5.74, 6) is 0.860. The molecule has 0 aliphatic carbocycles. The molecule has 0 aliphatic heterocycles. The van der Waals surface area contributed by atoms with E-state index in [2.05, 4.69) is 6.92 Å². The van der Waals surface area contributed by atoms with Crippen LogP contribution in [0.15, 0.2) is 24.3 Å². The van der Waals surface area contributed by atoms with Gasteiger partial charge in [0.15, 0.2) is 0 Å². The quantitative estimate of drug-likeness (QED) is 0.827. The van der Waals surface area contributed by atoms with Gasteiger partial charge in [0.2, 0.25) is 0 Å². The van der Waals surface area contributed by atoms with E-state index in [4.69, 9.17) is 15.2 Å². The summed E-state index contributed by atoms with van der Waals surface area (Å²) in [5.41, 5.74) is 7.23. The third-order valence-corrected chi connectivity index (χ3v) is 2.72. The summed E-state index contributed by atoms with van der Waals surface area (Å²) in [7, 11) is 1.70. The second-order valence-electron chi connectivity index (χ2n) is 4.45. The lowest BCUT2D eigenvalue weighted by Gasteiger charge is -2.22. The van der Waals surface area contributed by atoms with Gasteiger partial charge in [0.25, 0.3) is 0 Å². The van der Waals surface area contributed by atoms with Crippen LogP contribution in [0, 0.1) is 0 Å². The minimum Gasteiger partial charge on any atom is -0.491 e. The van der Waals surface area contributed by atoms with Crippen LogP contribution in [-0.2, 0) is 4.74 Å². The Hall–Kier alpha value is -1.06. The molecule has 2 N–H and O–H groups in total. The number of methoxy groups -OCH3 is 1. The number of hydrogen-bond donors (Lipinski definition) is 1. The third kappa shape index (κ3) is 4.02. The maximum atomic E-state index is 6.18. The Bertz CT molecular complexity index is 335. The lowest BCUT2D eigenvalue weighted by molar-refractivity contribution is 0.0771. The lowest BCUT2D eigenvalue weighted by Crippen LogP contribution is -2.27. The second kappa shape index (κ2) is 6.62. The molecular weight excluding hydrogens is 214 g/mol. The van der Waals surface area contributed by atoms with Crippen molar-refractivity contribution in [1.82, 2.24) is 0 Å². The van der Waals surface area contributed by atoms with E-state index in [9.17, 15) is 0 Å². The van der Waals surface area contributed by atoms with Gasteiger partial charge in [-0.25, -0.2) is 0 Å². The molecule has 1 aromatic rings. The molecule has 0 saturated heterocycles. The molecule has 0 amide bonds. The summed E-state index contributed by atoms with van der Waals surface area (Å²) < 4.78 is 11.0. The summed E-state index contributed by atoms with van der Waals surface area (Å²) in [6.07, 6.45) is 1.11. The summed E-state index contributed by atoms with van der Waals surface area (Å²) >= 11 is 0. The van der Waals surface area contributed by atoms with Gasteiger partial charge in [0.1, 0.15) is 5.75 Å². The van der Waals surface area contributed by atoms with Gasteiger partial charge < -0.3 is 15.2 Å². The SMILES string of the molecule is CCC(OC)C(N)c1cccc(OC(C)C)c1. The topological polar surface area (TPSA) is 44.5 Å². The first-order valence-electron chi connectivity index (χ1n) is 6.13. The Balaban J connectivity index is 2.83. The average Bonchev–Trinajstić information content (AvgIpc) is 2.30. The van der Waals surface area contributed by atoms with Gasteiger partial charge in [-0.05, 0) is 38.0 Å². The fourth-order valence-corrected chi connectivity index (χ4v) is 1.85. The van der Waals surface area contributed by atoms with Gasteiger partial charge in [0.05, 0.1) is 18.2 Å². The van der Waals surface area contributed by atoms with Crippen LogP contribution in [-0.4, -0.2) is 19.3 Å². The largest absolute Gasteiger partial charge is 0.491 e. The van der Waals surface area contributed by atoms with Crippen molar-refractivity contribution in [1.29, 1.82) is 0 Å². The molecule has 0 bridgehead atoms. The standard InChI is InChI=1S/C14H23NO2/c1-5-13(16-4)14(15)11-7-6-8-12(9-11)17-10(2)3/h6-10,13-14H,5,15H2,1-4H3. The van der Waals surface area contributed by atoms with E-state index in [1.807, 2.05) is 38.1 Å². The molecule has 1 rings (SSSR count). The maximum absolute atomic E-state index is 6.18. The van der Waals surface area contributed by atoms with Crippen molar-refractivity contribution in [3.05, 3.63) is 29.8 Å². The maximum Gasteiger partial charge on any atom is 0.120 e. The van der Waals surface area contributed by atoms with E-state index in [-0.39, 0.29) is 18.2 Å². The molecule has 3 heteroatoms. The van der Waals surface area contributed by atoms with Gasteiger partial charge in [-0.2, -0.15) is 0 Å². The summed E-state index contributed by atoms with van der Waals surface area (Å²) in [4.78, 5) is 0. The van der Waals surface area contributed by atoms with E-state index < -0.39 is 0 Å². The molecule has 2 atom stereocenters. The molecule has 0 radical (unpaired) electrons. The van der Waals surface area contributed by atoms with Crippen LogP contribution in [0.1, 0.15) is 38.8 Å². The highest BCUT2D eigenvalue weighted by Crippen LogP contribution is 2.23. The fourth-order valence-electron chi connectivity index (χ4n) is 1.85. The van der Waals surface area contributed by atoms with Crippen LogP contribution in [0.4, 0.5) is 0 Å². The first-order valence-corrected chi connectivity index (χ1v) is 6.13. The fraction of sp³-hybridized carbons (Fsp3) is 0.571. The minimum absolute atomic E-state index is 0.0456. The highest BCUT2D eigenvalue weighted by Gasteiger charge is 2.17. The van der Waals surface area contributed by atoms with Crippen molar-refractivity contribution in [3.63, 3.8) is 0 Å². The molecule has 3 nitrogen and oxygen atoms in total. The van der Waals surface area contributed by atoms with Crippen molar-refractivity contribution in [2.24, 2.45) is 5.73 Å². The van der Waals surface area contributed by atoms with Gasteiger partial charge in [-0.15, -0.1) is 0 Å². The molecule has 0 fully saturated rings. The Kier molecular flexibility index (Phi) is 5.45. The number of benzene rings is 1. The number of hydrogen-bond acceptors (Lipinski definition) is 3. The van der Waals surface area contributed by atoms with E-state index in [1.165, 1.54) is 0 Å². The number of ether oxygens (including phenoxy) is 2. The zero-order valence-corrected chi connectivity index (χ0v) is 11.1. The van der Waals surface area contributed by atoms with Crippen molar-refractivity contribution >= 4 is 0 Å². The summed E-state index contributed by atoms with van der Waals surface area (Å²) in [6, 6.07) is 7.81. The predicted molar refractivity (Wildman–Crippen MR) is 70.2 cm³/mol. The molecule has 0 spiro atoms. The Morgan fingerprint density at radius 3 is 2.53 bits per heavy atom. The summed E-state index contributed by atoms with van der Waals surface area (Å²) in [6.45, 7) is 6.09. The van der Waals surface area contributed by atoms with Crippen LogP contribution < -0.4 is 10.5 Å². The van der Waals surface area contributed by atoms with Gasteiger partial charge in [0, 0.05) is 7.11 Å². The van der Waals surface area contributed by atoms with E-state index in [1.54, 1.807) is 7.11 Å². The first kappa shape index (κ1) is 14.0. The zero-order chi connectivity index (χ0) is 12.8. The highest BCUT2D eigenvalue weighted by molar-refractivity contribution is 5.31. The highest BCUT2D eigenvalue weighted by atomic mass is 16.5. The zero-order valence-electron chi connectivity index (χ0n) is 11.1.